The summed E-state index contributed by atoms with van der Waals surface area (Å²) < 4.78 is 0. The number of aromatic nitrogens is 3. The zero-order chi connectivity index (χ0) is 38.7. The molecule has 1 aromatic carbocycles. The molecule has 53 heavy (non-hydrogen) atoms. The van der Waals surface area contributed by atoms with Crippen molar-refractivity contribution in [1.29, 1.82) is 0 Å². The van der Waals surface area contributed by atoms with Gasteiger partial charge in [-0.05, 0) is 68.3 Å². The van der Waals surface area contributed by atoms with E-state index < -0.39 is 53.7 Å². The van der Waals surface area contributed by atoms with E-state index >= 15 is 0 Å². The lowest BCUT2D eigenvalue weighted by Crippen LogP contribution is -2.60. The molecule has 2 aromatic rings. The summed E-state index contributed by atoms with van der Waals surface area (Å²) in [5, 5.41) is 19.1. The van der Waals surface area contributed by atoms with E-state index in [2.05, 4.69) is 36.4 Å². The maximum Gasteiger partial charge on any atom is 0.290 e. The van der Waals surface area contributed by atoms with Crippen LogP contribution in [-0.2, 0) is 35.2 Å². The lowest BCUT2D eigenvalue weighted by molar-refractivity contribution is -0.145. The van der Waals surface area contributed by atoms with E-state index in [0.29, 0.717) is 25.8 Å². The number of likely N-dealkylation sites (tertiary alicyclic amines) is 1. The average Bonchev–Trinajstić information content (AvgIpc) is 3.89. The van der Waals surface area contributed by atoms with Crippen molar-refractivity contribution in [2.75, 3.05) is 6.54 Å². The smallest absolute Gasteiger partial charge is 0.290 e. The number of nitrogens with zero attached hydrogens (tertiary/aromatic N) is 3. The number of aromatic amines is 1. The Balaban J connectivity index is 1.42. The zero-order valence-electron chi connectivity index (χ0n) is 32.0. The number of H-pyrrole nitrogens is 1. The first kappa shape index (κ1) is 41.1. The summed E-state index contributed by atoms with van der Waals surface area (Å²) in [6, 6.07) is 5.19. The van der Waals surface area contributed by atoms with Gasteiger partial charge in [0.2, 0.25) is 29.4 Å². The number of ketones is 1. The van der Waals surface area contributed by atoms with Gasteiger partial charge in [-0.2, -0.15) is 0 Å². The van der Waals surface area contributed by atoms with Gasteiger partial charge < -0.3 is 31.2 Å². The third-order valence-electron chi connectivity index (χ3n) is 10.6. The summed E-state index contributed by atoms with van der Waals surface area (Å²) in [5.41, 5.74) is 0.848. The number of hydrogen-bond acceptors (Lipinski definition) is 8. The lowest BCUT2D eigenvalue weighted by atomic mass is 9.92. The Morgan fingerprint density at radius 1 is 0.887 bits per heavy atom. The van der Waals surface area contributed by atoms with Gasteiger partial charge in [0.05, 0.1) is 12.1 Å². The normalized spacial score (nSPS) is 20.3. The second-order valence-corrected chi connectivity index (χ2v) is 15.3. The Hall–Kier alpha value is -4.62. The number of nitrogens with one attached hydrogen (secondary N) is 5. The molecule has 5 amide bonds. The van der Waals surface area contributed by atoms with E-state index in [4.69, 9.17) is 0 Å². The highest BCUT2D eigenvalue weighted by atomic mass is 16.2. The van der Waals surface area contributed by atoms with Gasteiger partial charge >= 0.3 is 0 Å². The second-order valence-electron chi connectivity index (χ2n) is 15.3. The molecule has 0 spiro atoms. The number of amides is 5. The fourth-order valence-electron chi connectivity index (χ4n) is 7.58. The van der Waals surface area contributed by atoms with Crippen LogP contribution in [0.3, 0.4) is 0 Å². The first-order chi connectivity index (χ1) is 25.3. The van der Waals surface area contributed by atoms with Crippen molar-refractivity contribution in [2.24, 2.45) is 23.7 Å². The molecule has 2 heterocycles. The zero-order valence-corrected chi connectivity index (χ0v) is 32.0. The van der Waals surface area contributed by atoms with Gasteiger partial charge in [0.1, 0.15) is 30.3 Å². The van der Waals surface area contributed by atoms with E-state index in [1.165, 1.54) is 6.33 Å². The highest BCUT2D eigenvalue weighted by Crippen LogP contribution is 2.42. The van der Waals surface area contributed by atoms with E-state index in [1.807, 2.05) is 65.0 Å². The molecule has 1 aromatic heterocycles. The molecule has 1 unspecified atom stereocenters. The molecule has 2 fully saturated rings. The van der Waals surface area contributed by atoms with Gasteiger partial charge in [-0.3, -0.25) is 28.8 Å². The van der Waals surface area contributed by atoms with Gasteiger partial charge in [-0.1, -0.05) is 77.8 Å². The van der Waals surface area contributed by atoms with E-state index in [-0.39, 0.29) is 48.3 Å². The first-order valence-electron chi connectivity index (χ1n) is 19.3. The number of benzene rings is 1. The van der Waals surface area contributed by atoms with E-state index in [9.17, 15) is 28.8 Å². The number of fused-ring (bicyclic) bond motifs is 1. The third kappa shape index (κ3) is 11.0. The predicted molar refractivity (Wildman–Crippen MR) is 199 cm³/mol. The molecule has 7 atom stereocenters. The van der Waals surface area contributed by atoms with E-state index in [0.717, 1.165) is 37.1 Å². The number of Topliss-reactive ketones (excluding diaryl/α,β-unsaturated/α-hetero) is 1. The molecule has 4 rings (SSSR count). The minimum Gasteiger partial charge on any atom is -0.344 e. The van der Waals surface area contributed by atoms with Crippen molar-refractivity contribution in [3.63, 3.8) is 0 Å². The Kier molecular flexibility index (Phi) is 15.1. The van der Waals surface area contributed by atoms with Gasteiger partial charge in [-0.15, -0.1) is 10.2 Å². The second kappa shape index (κ2) is 19.5. The van der Waals surface area contributed by atoms with Crippen LogP contribution in [0.25, 0.3) is 0 Å². The summed E-state index contributed by atoms with van der Waals surface area (Å²) in [6.45, 7) is 11.4. The monoisotopic (exact) mass is 734 g/mol. The highest BCUT2D eigenvalue weighted by Gasteiger charge is 2.51. The molecular weight excluding hydrogens is 676 g/mol. The molecule has 290 valence electrons. The lowest BCUT2D eigenvalue weighted by Gasteiger charge is -2.34. The molecule has 1 aliphatic carbocycles. The molecule has 1 saturated carbocycles. The van der Waals surface area contributed by atoms with Gasteiger partial charge in [0.25, 0.3) is 5.91 Å². The molecule has 1 aliphatic heterocycles. The van der Waals surface area contributed by atoms with Crippen molar-refractivity contribution < 1.29 is 28.8 Å². The average molecular weight is 735 g/mol. The number of unbranched alkanes of at least 4 members (excludes halogenated alkanes) is 1. The first-order valence-corrected chi connectivity index (χ1v) is 19.3. The van der Waals surface area contributed by atoms with Crippen molar-refractivity contribution in [3.05, 3.63) is 48.0 Å². The molecule has 1 saturated heterocycles. The summed E-state index contributed by atoms with van der Waals surface area (Å²) in [5.74, 6) is -2.88. The van der Waals surface area contributed by atoms with Crippen molar-refractivity contribution in [1.82, 2.24) is 41.3 Å². The maximum atomic E-state index is 14.4. The Morgan fingerprint density at radius 3 is 2.25 bits per heavy atom. The number of rotatable bonds is 19. The van der Waals surface area contributed by atoms with Crippen molar-refractivity contribution in [2.45, 2.75) is 130 Å². The number of carbonyl (C=O) groups excluding carboxylic acids is 6. The van der Waals surface area contributed by atoms with Crippen LogP contribution >= 0.6 is 0 Å². The SMILES string of the molecule is CCCC(NC(=O)[C@@H]1[C@H]2CCC[C@H]2CN1C(=O)[C@@H](NC(=O)[C@H](NC(=O)CCCCc1nnc[nH]1)C(C)C)C(C)C)C(=O)C(=O)N[C@H](C)c1ccccc1. The van der Waals surface area contributed by atoms with Gasteiger partial charge in [0.15, 0.2) is 0 Å². The van der Waals surface area contributed by atoms with Crippen LogP contribution in [0.15, 0.2) is 36.7 Å². The minimum absolute atomic E-state index is 0.0986. The van der Waals surface area contributed by atoms with Crippen LogP contribution in [-0.4, -0.2) is 86.1 Å². The summed E-state index contributed by atoms with van der Waals surface area (Å²) in [4.78, 5) is 86.1. The van der Waals surface area contributed by atoms with Gasteiger partial charge in [0, 0.05) is 19.4 Å². The largest absolute Gasteiger partial charge is 0.344 e. The molecular formula is C39H58N8O6. The highest BCUT2D eigenvalue weighted by molar-refractivity contribution is 6.38. The minimum atomic E-state index is -1.05. The van der Waals surface area contributed by atoms with Crippen LogP contribution < -0.4 is 21.3 Å². The van der Waals surface area contributed by atoms with Crippen molar-refractivity contribution in [3.8, 4) is 0 Å². The molecule has 0 radical (unpaired) electrons. The fraction of sp³-hybridized carbons (Fsp3) is 0.641. The van der Waals surface area contributed by atoms with Crippen molar-refractivity contribution >= 4 is 35.3 Å². The molecule has 5 N–H and O–H groups in total. The Morgan fingerprint density at radius 2 is 1.60 bits per heavy atom. The maximum absolute atomic E-state index is 14.4. The van der Waals surface area contributed by atoms with Crippen LogP contribution in [0.1, 0.15) is 110 Å². The number of aryl methyl sites for hydroxylation is 1. The number of hydrogen-bond donors (Lipinski definition) is 5. The Labute approximate surface area is 312 Å². The quantitative estimate of drug-likeness (QED) is 0.107. The molecule has 14 nitrogen and oxygen atoms in total. The summed E-state index contributed by atoms with van der Waals surface area (Å²) >= 11 is 0. The molecule has 0 bridgehead atoms. The van der Waals surface area contributed by atoms with Crippen LogP contribution in [0.5, 0.6) is 0 Å². The Bertz CT molecular complexity index is 1550. The van der Waals surface area contributed by atoms with Crippen LogP contribution in [0, 0.1) is 23.7 Å². The summed E-state index contributed by atoms with van der Waals surface area (Å²) in [6.07, 6.45) is 7.11. The third-order valence-corrected chi connectivity index (χ3v) is 10.6. The summed E-state index contributed by atoms with van der Waals surface area (Å²) in [7, 11) is 0. The number of carbonyl (C=O) groups is 6. The van der Waals surface area contributed by atoms with E-state index in [1.54, 1.807) is 11.8 Å². The standard InChI is InChI=1S/C39H58N8O6/c1-7-14-29(35(49)38(52)42-25(6)26-15-9-8-10-16-26)43-37(51)34-28-18-13-17-27(28)21-47(34)39(53)33(24(4)5)45-36(50)32(23(2)3)44-31(48)20-12-11-19-30-40-22-41-46-30/h8-10,15-16,22-25,27-29,32-34H,7,11-14,17-21H2,1-6H3,(H,42,52)(H,43,51)(H,44,48)(H,45,50)(H,40,41,46)/t25-,27+,28+,29?,32-,33+,34+/m1/s1. The topological polar surface area (TPSA) is 195 Å². The molecule has 14 heteroatoms. The molecule has 2 aliphatic rings. The fourth-order valence-corrected chi connectivity index (χ4v) is 7.58. The predicted octanol–water partition coefficient (Wildman–Crippen LogP) is 3.16. The van der Waals surface area contributed by atoms with Crippen LogP contribution in [0.2, 0.25) is 0 Å². The van der Waals surface area contributed by atoms with Gasteiger partial charge in [-0.25, -0.2) is 0 Å². The van der Waals surface area contributed by atoms with Crippen LogP contribution in [0.4, 0.5) is 0 Å².